The Hall–Kier alpha value is -1.21. The molecule has 0 aromatic heterocycles. The van der Waals surface area contributed by atoms with Crippen LogP contribution < -0.4 is 0 Å². The number of aliphatic hydroxyl groups is 1. The van der Waals surface area contributed by atoms with Crippen molar-refractivity contribution in [3.63, 3.8) is 0 Å². The summed E-state index contributed by atoms with van der Waals surface area (Å²) in [5.41, 5.74) is -3.00. The minimum Gasteiger partial charge on any atom is -0.403 e. The monoisotopic (exact) mass is 446 g/mol. The minimum absolute atomic E-state index is 0.0440. The van der Waals surface area contributed by atoms with Crippen LogP contribution in [0, 0.1) is 11.3 Å². The van der Waals surface area contributed by atoms with Gasteiger partial charge in [0.25, 0.3) is 0 Å². The van der Waals surface area contributed by atoms with Crippen LogP contribution in [0.3, 0.4) is 0 Å². The summed E-state index contributed by atoms with van der Waals surface area (Å²) in [4.78, 5) is 26.9. The molecule has 1 heterocycles. The maximum atomic E-state index is 13.9. The Morgan fingerprint density at radius 2 is 1.65 bits per heavy atom. The van der Waals surface area contributed by atoms with Crippen LogP contribution in [0.5, 0.6) is 0 Å². The van der Waals surface area contributed by atoms with Gasteiger partial charge in [0, 0.05) is 22.8 Å². The molecule has 4 atom stereocenters. The van der Waals surface area contributed by atoms with Crippen molar-refractivity contribution in [2.75, 3.05) is 0 Å². The molecule has 1 aromatic carbocycles. The van der Waals surface area contributed by atoms with Crippen molar-refractivity contribution in [1.82, 2.24) is 0 Å². The first-order valence-electron chi connectivity index (χ1n) is 11.2. The van der Waals surface area contributed by atoms with Crippen LogP contribution >= 0.6 is 11.6 Å². The predicted octanol–water partition coefficient (Wildman–Crippen LogP) is 4.89. The van der Waals surface area contributed by atoms with Crippen LogP contribution in [0.15, 0.2) is 24.3 Å². The van der Waals surface area contributed by atoms with Gasteiger partial charge in [0.2, 0.25) is 0 Å². The summed E-state index contributed by atoms with van der Waals surface area (Å²) in [7, 11) is -0.628. The van der Waals surface area contributed by atoms with Crippen molar-refractivity contribution in [2.45, 2.75) is 89.3 Å². The number of hydrogen-bond donors (Lipinski definition) is 1. The molecule has 0 amide bonds. The highest BCUT2D eigenvalue weighted by Gasteiger charge is 2.67. The second kappa shape index (κ2) is 7.41. The molecule has 0 bridgehead atoms. The molecule has 4 rings (SSSR count). The number of Topliss-reactive ketones (excluding diaryl/α,β-unsaturated/α-hetero) is 2. The smallest absolute Gasteiger partial charge is 0.403 e. The van der Waals surface area contributed by atoms with E-state index in [4.69, 9.17) is 20.9 Å². The standard InChI is InChI=1S/C24H32BClO5/c1-21(2)22(3,4)31-25(30-21)17-12-14-23(5)18(27)7-6-13-24(23,29)19(17)20(28)15-8-10-16(26)11-9-15/h8-11,17,19,29H,6-7,12-14H2,1-5H3/t17-,19-,23-,24+/m1/s1. The summed E-state index contributed by atoms with van der Waals surface area (Å²) in [6.45, 7) is 9.75. The van der Waals surface area contributed by atoms with Gasteiger partial charge in [-0.1, -0.05) is 18.0 Å². The highest BCUT2D eigenvalue weighted by molar-refractivity contribution is 6.48. The van der Waals surface area contributed by atoms with Gasteiger partial charge < -0.3 is 14.4 Å². The molecule has 5 nitrogen and oxygen atoms in total. The molecule has 31 heavy (non-hydrogen) atoms. The van der Waals surface area contributed by atoms with Crippen molar-refractivity contribution >= 4 is 30.3 Å². The van der Waals surface area contributed by atoms with Gasteiger partial charge in [-0.15, -0.1) is 0 Å². The second-order valence-electron chi connectivity index (χ2n) is 10.7. The van der Waals surface area contributed by atoms with Gasteiger partial charge in [0.1, 0.15) is 5.78 Å². The third kappa shape index (κ3) is 3.42. The normalized spacial score (nSPS) is 36.9. The van der Waals surface area contributed by atoms with Gasteiger partial charge in [-0.05, 0) is 78.1 Å². The maximum absolute atomic E-state index is 13.9. The van der Waals surface area contributed by atoms with E-state index in [1.54, 1.807) is 24.3 Å². The Bertz CT molecular complexity index is 882. The van der Waals surface area contributed by atoms with Crippen molar-refractivity contribution in [2.24, 2.45) is 11.3 Å². The lowest BCUT2D eigenvalue weighted by Gasteiger charge is -2.56. The number of halogens is 1. The number of rotatable bonds is 3. The van der Waals surface area contributed by atoms with Crippen molar-refractivity contribution in [1.29, 1.82) is 0 Å². The lowest BCUT2D eigenvalue weighted by molar-refractivity contribution is -0.174. The third-order valence-corrected chi connectivity index (χ3v) is 8.74. The highest BCUT2D eigenvalue weighted by Crippen LogP contribution is 2.60. The number of fused-ring (bicyclic) bond motifs is 1. The zero-order chi connectivity index (χ0) is 22.8. The molecule has 3 fully saturated rings. The number of carbonyl (C=O) groups is 2. The van der Waals surface area contributed by atoms with Crippen LogP contribution in [0.2, 0.25) is 10.8 Å². The first kappa shape index (κ1) is 23.0. The van der Waals surface area contributed by atoms with E-state index in [-0.39, 0.29) is 17.4 Å². The average molecular weight is 447 g/mol. The van der Waals surface area contributed by atoms with Gasteiger partial charge in [-0.2, -0.15) is 0 Å². The van der Waals surface area contributed by atoms with E-state index >= 15 is 0 Å². The van der Waals surface area contributed by atoms with Crippen LogP contribution in [0.4, 0.5) is 0 Å². The van der Waals surface area contributed by atoms with Gasteiger partial charge in [-0.3, -0.25) is 9.59 Å². The summed E-state index contributed by atoms with van der Waals surface area (Å²) in [6, 6.07) is 6.73. The molecular formula is C24H32BClO5. The van der Waals surface area contributed by atoms with Gasteiger partial charge in [-0.25, -0.2) is 0 Å². The van der Waals surface area contributed by atoms with E-state index in [0.717, 1.165) is 0 Å². The first-order chi connectivity index (χ1) is 14.3. The summed E-state index contributed by atoms with van der Waals surface area (Å²) < 4.78 is 12.7. The second-order valence-corrected chi connectivity index (χ2v) is 11.1. The minimum atomic E-state index is -1.44. The first-order valence-corrected chi connectivity index (χ1v) is 11.6. The fraction of sp³-hybridized carbons (Fsp3) is 0.667. The van der Waals surface area contributed by atoms with Gasteiger partial charge in [0.15, 0.2) is 5.78 Å². The molecule has 2 aliphatic carbocycles. The Labute approximate surface area is 190 Å². The Balaban J connectivity index is 1.79. The Kier molecular flexibility index (Phi) is 5.49. The molecule has 168 valence electrons. The third-order valence-electron chi connectivity index (χ3n) is 8.49. The lowest BCUT2D eigenvalue weighted by atomic mass is 9.43. The van der Waals surface area contributed by atoms with Crippen molar-refractivity contribution in [3.05, 3.63) is 34.9 Å². The zero-order valence-corrected chi connectivity index (χ0v) is 19.8. The molecule has 2 saturated carbocycles. The predicted molar refractivity (Wildman–Crippen MR) is 120 cm³/mol. The van der Waals surface area contributed by atoms with Gasteiger partial charge >= 0.3 is 7.12 Å². The molecule has 1 aromatic rings. The molecule has 1 saturated heterocycles. The Morgan fingerprint density at radius 1 is 1.06 bits per heavy atom. The van der Waals surface area contributed by atoms with Crippen LogP contribution in [0.1, 0.15) is 77.1 Å². The molecule has 0 spiro atoms. The highest BCUT2D eigenvalue weighted by atomic mass is 35.5. The average Bonchev–Trinajstić information content (AvgIpc) is 2.90. The maximum Gasteiger partial charge on any atom is 0.462 e. The van der Waals surface area contributed by atoms with Crippen molar-refractivity contribution < 1.29 is 24.0 Å². The van der Waals surface area contributed by atoms with Gasteiger partial charge in [0.05, 0.1) is 28.1 Å². The Morgan fingerprint density at radius 3 is 2.23 bits per heavy atom. The van der Waals surface area contributed by atoms with E-state index in [2.05, 4.69) is 0 Å². The number of ketones is 2. The SMILES string of the molecule is CC1(C)OB([C@@H]2CC[C@]3(C)C(=O)CCC[C@]3(O)[C@H]2C(=O)c2ccc(Cl)cc2)OC1(C)C. The summed E-state index contributed by atoms with van der Waals surface area (Å²) in [5, 5.41) is 12.6. The summed E-state index contributed by atoms with van der Waals surface area (Å²) in [5.74, 6) is -1.29. The molecule has 1 aliphatic heterocycles. The summed E-state index contributed by atoms with van der Waals surface area (Å²) in [6.07, 6.45) is 2.52. The van der Waals surface area contributed by atoms with Crippen LogP contribution in [0.25, 0.3) is 0 Å². The molecule has 0 unspecified atom stereocenters. The van der Waals surface area contributed by atoms with E-state index in [0.29, 0.717) is 42.7 Å². The van der Waals surface area contributed by atoms with E-state index < -0.39 is 35.3 Å². The fourth-order valence-electron chi connectivity index (χ4n) is 5.70. The van der Waals surface area contributed by atoms with E-state index in [1.807, 2.05) is 34.6 Å². The van der Waals surface area contributed by atoms with E-state index in [9.17, 15) is 14.7 Å². The zero-order valence-electron chi connectivity index (χ0n) is 19.0. The number of benzene rings is 1. The largest absolute Gasteiger partial charge is 0.462 e. The quantitative estimate of drug-likeness (QED) is 0.529. The fourth-order valence-corrected chi connectivity index (χ4v) is 5.83. The molecular weight excluding hydrogens is 415 g/mol. The lowest BCUT2D eigenvalue weighted by Crippen LogP contribution is -2.65. The van der Waals surface area contributed by atoms with Crippen molar-refractivity contribution in [3.8, 4) is 0 Å². The topological polar surface area (TPSA) is 72.8 Å². The molecule has 3 aliphatic rings. The summed E-state index contributed by atoms with van der Waals surface area (Å²) >= 11 is 6.03. The number of hydrogen-bond acceptors (Lipinski definition) is 5. The van der Waals surface area contributed by atoms with Crippen LogP contribution in [-0.4, -0.2) is 40.6 Å². The molecule has 0 radical (unpaired) electrons. The molecule has 1 N–H and O–H groups in total. The van der Waals surface area contributed by atoms with E-state index in [1.165, 1.54) is 0 Å². The van der Waals surface area contributed by atoms with Crippen LogP contribution in [-0.2, 0) is 14.1 Å². The molecule has 7 heteroatoms. The number of carbonyl (C=O) groups excluding carboxylic acids is 2.